The van der Waals surface area contributed by atoms with Crippen LogP contribution >= 0.6 is 23.2 Å². The molecule has 9 heteroatoms. The van der Waals surface area contributed by atoms with Crippen molar-refractivity contribution in [3.63, 3.8) is 0 Å². The van der Waals surface area contributed by atoms with Gasteiger partial charge in [0.05, 0.1) is 20.9 Å². The van der Waals surface area contributed by atoms with Crippen LogP contribution in [-0.4, -0.2) is 28.5 Å². The quantitative estimate of drug-likeness (QED) is 0.617. The predicted octanol–water partition coefficient (Wildman–Crippen LogP) is 3.32. The Labute approximate surface area is 169 Å². The Morgan fingerprint density at radius 2 is 1.93 bits per heavy atom. The van der Waals surface area contributed by atoms with Crippen LogP contribution in [0, 0.1) is 0 Å². The molecule has 2 N–H and O–H groups in total. The Morgan fingerprint density at radius 1 is 1.14 bits per heavy atom. The third kappa shape index (κ3) is 4.88. The number of ether oxygens (including phenoxy) is 1. The third-order valence-electron chi connectivity index (χ3n) is 3.80. The van der Waals surface area contributed by atoms with Gasteiger partial charge in [0.15, 0.2) is 6.61 Å². The lowest BCUT2D eigenvalue weighted by Crippen LogP contribution is -2.20. The topological polar surface area (TPSA) is 101 Å². The summed E-state index contributed by atoms with van der Waals surface area (Å²) in [6.07, 6.45) is 0.378. The Kier molecular flexibility index (Phi) is 5.96. The molecule has 0 fully saturated rings. The minimum atomic E-state index is -0.552. The van der Waals surface area contributed by atoms with E-state index in [4.69, 9.17) is 23.2 Å². The summed E-state index contributed by atoms with van der Waals surface area (Å²) in [5.74, 6) is -0.582. The van der Waals surface area contributed by atoms with E-state index in [-0.39, 0.29) is 5.56 Å². The lowest BCUT2D eigenvalue weighted by Gasteiger charge is -2.08. The highest BCUT2D eigenvalue weighted by Crippen LogP contribution is 2.23. The number of esters is 1. The molecule has 3 aromatic rings. The number of nitrogens with one attached hydrogen (secondary N) is 2. The van der Waals surface area contributed by atoms with Crippen molar-refractivity contribution in [1.29, 1.82) is 0 Å². The number of rotatable bonds is 5. The van der Waals surface area contributed by atoms with Crippen LogP contribution < -0.4 is 10.9 Å². The van der Waals surface area contributed by atoms with Gasteiger partial charge in [-0.1, -0.05) is 29.3 Å². The highest BCUT2D eigenvalue weighted by Gasteiger charge is 2.09. The number of aromatic nitrogens is 2. The second-order valence-electron chi connectivity index (χ2n) is 6.00. The van der Waals surface area contributed by atoms with Crippen molar-refractivity contribution in [3.8, 4) is 0 Å². The molecule has 0 spiro atoms. The van der Waals surface area contributed by atoms with Gasteiger partial charge >= 0.3 is 5.97 Å². The first-order valence-corrected chi connectivity index (χ1v) is 8.97. The van der Waals surface area contributed by atoms with E-state index < -0.39 is 18.5 Å². The van der Waals surface area contributed by atoms with Crippen molar-refractivity contribution in [1.82, 2.24) is 9.97 Å². The number of amides is 1. The molecular formula is C19H15Cl2N3O4. The number of benzene rings is 2. The molecule has 0 aliphatic carbocycles. The second-order valence-corrected chi connectivity index (χ2v) is 6.81. The van der Waals surface area contributed by atoms with Crippen LogP contribution in [0.25, 0.3) is 10.9 Å². The van der Waals surface area contributed by atoms with Gasteiger partial charge in [-0.15, -0.1) is 0 Å². The van der Waals surface area contributed by atoms with Crippen LogP contribution in [0.5, 0.6) is 0 Å². The summed E-state index contributed by atoms with van der Waals surface area (Å²) in [6, 6.07) is 9.96. The molecule has 0 aliphatic rings. The fourth-order valence-electron chi connectivity index (χ4n) is 2.56. The van der Waals surface area contributed by atoms with Gasteiger partial charge in [0.2, 0.25) is 0 Å². The van der Waals surface area contributed by atoms with Crippen molar-refractivity contribution in [2.24, 2.45) is 0 Å². The molecule has 7 nitrogen and oxygen atoms in total. The number of hydrogen-bond acceptors (Lipinski definition) is 5. The number of hydrogen-bond donors (Lipinski definition) is 2. The first-order chi connectivity index (χ1) is 13.3. The Balaban J connectivity index is 1.82. The monoisotopic (exact) mass is 419 g/mol. The summed E-state index contributed by atoms with van der Waals surface area (Å²) in [5.41, 5.74) is 1.40. The summed E-state index contributed by atoms with van der Waals surface area (Å²) in [7, 11) is 0. The van der Waals surface area contributed by atoms with Crippen LogP contribution in [0.15, 0.2) is 41.2 Å². The maximum absolute atomic E-state index is 12.4. The van der Waals surface area contributed by atoms with Crippen molar-refractivity contribution in [2.45, 2.75) is 13.3 Å². The molecule has 0 radical (unpaired) electrons. The van der Waals surface area contributed by atoms with Crippen LogP contribution in [-0.2, 0) is 20.7 Å². The fourth-order valence-corrected chi connectivity index (χ4v) is 2.88. The van der Waals surface area contributed by atoms with Crippen LogP contribution in [0.2, 0.25) is 10.0 Å². The van der Waals surface area contributed by atoms with E-state index in [1.165, 1.54) is 13.0 Å². The Bertz CT molecular complexity index is 1130. The standard InChI is InChI=1S/C19H15Cl2N3O4/c1-10(25)28-9-18(26)22-12-3-5-16-13(8-12)19(27)24-17(23-16)7-11-2-4-14(20)15(21)6-11/h2-6,8H,7,9H2,1H3,(H,22,26)(H,23,24,27). The number of carbonyl (C=O) groups is 2. The molecule has 144 valence electrons. The van der Waals surface area contributed by atoms with Crippen LogP contribution in [0.1, 0.15) is 18.3 Å². The van der Waals surface area contributed by atoms with Gasteiger partial charge in [-0.05, 0) is 35.9 Å². The molecule has 0 saturated carbocycles. The predicted molar refractivity (Wildman–Crippen MR) is 107 cm³/mol. The van der Waals surface area contributed by atoms with Crippen molar-refractivity contribution in [3.05, 3.63) is 68.2 Å². The lowest BCUT2D eigenvalue weighted by atomic mass is 10.1. The molecule has 1 aromatic heterocycles. The van der Waals surface area contributed by atoms with Gasteiger partial charge in [0.1, 0.15) is 5.82 Å². The van der Waals surface area contributed by atoms with Gasteiger partial charge in [-0.3, -0.25) is 14.4 Å². The zero-order valence-electron chi connectivity index (χ0n) is 14.7. The van der Waals surface area contributed by atoms with Gasteiger partial charge in [-0.25, -0.2) is 4.98 Å². The van der Waals surface area contributed by atoms with Crippen molar-refractivity contribution >= 4 is 51.7 Å². The number of carbonyl (C=O) groups excluding carboxylic acids is 2. The maximum Gasteiger partial charge on any atom is 0.303 e. The first kappa shape index (κ1) is 19.9. The van der Waals surface area contributed by atoms with Gasteiger partial charge in [-0.2, -0.15) is 0 Å². The molecule has 28 heavy (non-hydrogen) atoms. The van der Waals surface area contributed by atoms with Crippen LogP contribution in [0.4, 0.5) is 5.69 Å². The normalized spacial score (nSPS) is 10.7. The van der Waals surface area contributed by atoms with Gasteiger partial charge < -0.3 is 15.0 Å². The molecule has 0 atom stereocenters. The summed E-state index contributed by atoms with van der Waals surface area (Å²) in [6.45, 7) is 0.814. The van der Waals surface area contributed by atoms with E-state index in [0.29, 0.717) is 38.9 Å². The first-order valence-electron chi connectivity index (χ1n) is 8.22. The van der Waals surface area contributed by atoms with E-state index in [0.717, 1.165) is 5.56 Å². The molecule has 0 bridgehead atoms. The van der Waals surface area contributed by atoms with Crippen LogP contribution in [0.3, 0.4) is 0 Å². The molecule has 2 aromatic carbocycles. The maximum atomic E-state index is 12.4. The summed E-state index contributed by atoms with van der Waals surface area (Å²) < 4.78 is 4.63. The average molecular weight is 420 g/mol. The molecule has 1 amide bonds. The smallest absolute Gasteiger partial charge is 0.303 e. The molecule has 3 rings (SSSR count). The fraction of sp³-hybridized carbons (Fsp3) is 0.158. The zero-order chi connectivity index (χ0) is 20.3. The van der Waals surface area contributed by atoms with Crippen molar-refractivity contribution in [2.75, 3.05) is 11.9 Å². The number of halogens is 2. The van der Waals surface area contributed by atoms with E-state index in [1.54, 1.807) is 30.3 Å². The zero-order valence-corrected chi connectivity index (χ0v) is 16.2. The number of nitrogens with zero attached hydrogens (tertiary/aromatic N) is 1. The average Bonchev–Trinajstić information content (AvgIpc) is 2.64. The number of fused-ring (bicyclic) bond motifs is 1. The summed E-state index contributed by atoms with van der Waals surface area (Å²) >= 11 is 11.9. The number of H-pyrrole nitrogens is 1. The van der Waals surface area contributed by atoms with E-state index in [2.05, 4.69) is 20.0 Å². The van der Waals surface area contributed by atoms with E-state index in [1.807, 2.05) is 0 Å². The minimum absolute atomic E-state index is 0.322. The molecule has 0 saturated heterocycles. The summed E-state index contributed by atoms with van der Waals surface area (Å²) in [5, 5.41) is 3.76. The lowest BCUT2D eigenvalue weighted by molar-refractivity contribution is -0.144. The number of aromatic amines is 1. The molecular weight excluding hydrogens is 405 g/mol. The Hall–Kier alpha value is -2.90. The van der Waals surface area contributed by atoms with Gasteiger partial charge in [0, 0.05) is 19.0 Å². The molecule has 0 unspecified atom stereocenters. The van der Waals surface area contributed by atoms with E-state index in [9.17, 15) is 14.4 Å². The number of anilines is 1. The highest BCUT2D eigenvalue weighted by molar-refractivity contribution is 6.42. The van der Waals surface area contributed by atoms with Crippen molar-refractivity contribution < 1.29 is 14.3 Å². The highest BCUT2D eigenvalue weighted by atomic mass is 35.5. The summed E-state index contributed by atoms with van der Waals surface area (Å²) in [4.78, 5) is 42.1. The molecule has 1 heterocycles. The third-order valence-corrected chi connectivity index (χ3v) is 4.54. The SMILES string of the molecule is CC(=O)OCC(=O)Nc1ccc2nc(Cc3ccc(Cl)c(Cl)c3)[nH]c(=O)c2c1. The molecule has 0 aliphatic heterocycles. The largest absolute Gasteiger partial charge is 0.456 e. The van der Waals surface area contributed by atoms with Gasteiger partial charge in [0.25, 0.3) is 11.5 Å². The minimum Gasteiger partial charge on any atom is -0.456 e. The second kappa shape index (κ2) is 8.41. The Morgan fingerprint density at radius 3 is 2.64 bits per heavy atom. The van der Waals surface area contributed by atoms with E-state index >= 15 is 0 Å².